The number of phenolic OH excluding ortho intramolecular Hbond substituents is 1. The summed E-state index contributed by atoms with van der Waals surface area (Å²) in [5.41, 5.74) is 2.67. The number of rotatable bonds is 2. The molecule has 1 heterocycles. The summed E-state index contributed by atoms with van der Waals surface area (Å²) >= 11 is 0. The van der Waals surface area contributed by atoms with Gasteiger partial charge in [0.1, 0.15) is 5.75 Å². The Balaban J connectivity index is 1.64. The fourth-order valence-electron chi connectivity index (χ4n) is 3.60. The van der Waals surface area contributed by atoms with Crippen molar-refractivity contribution in [1.29, 1.82) is 0 Å². The molecule has 4 nitrogen and oxygen atoms in total. The first-order valence-electron chi connectivity index (χ1n) is 7.46. The van der Waals surface area contributed by atoms with Crippen molar-refractivity contribution < 1.29 is 9.90 Å². The van der Waals surface area contributed by atoms with E-state index in [0.717, 1.165) is 38.8 Å². The fraction of sp³-hybridized carbons (Fsp3) is 0.562. The van der Waals surface area contributed by atoms with Gasteiger partial charge in [-0.25, -0.2) is 0 Å². The molecule has 0 saturated carbocycles. The largest absolute Gasteiger partial charge is 0.508 e. The normalized spacial score (nSPS) is 23.6. The predicted octanol–water partition coefficient (Wildman–Crippen LogP) is 1.98. The Kier molecular flexibility index (Phi) is 3.66. The lowest BCUT2D eigenvalue weighted by molar-refractivity contribution is -0.120. The van der Waals surface area contributed by atoms with Crippen molar-refractivity contribution in [2.24, 2.45) is 0 Å². The first-order chi connectivity index (χ1) is 9.63. The average Bonchev–Trinajstić information content (AvgIpc) is 2.82. The molecule has 1 unspecified atom stereocenters. The SMILES string of the molecule is CC(=O)NC1CCN(C2CCc3cc(O)ccc32)CC1. The summed E-state index contributed by atoms with van der Waals surface area (Å²) < 4.78 is 0. The van der Waals surface area contributed by atoms with Gasteiger partial charge in [0.25, 0.3) is 0 Å². The zero-order valence-electron chi connectivity index (χ0n) is 11.9. The molecule has 1 saturated heterocycles. The molecule has 1 atom stereocenters. The summed E-state index contributed by atoms with van der Waals surface area (Å²) in [7, 11) is 0. The van der Waals surface area contributed by atoms with Gasteiger partial charge in [0.05, 0.1) is 0 Å². The van der Waals surface area contributed by atoms with Crippen molar-refractivity contribution >= 4 is 5.91 Å². The van der Waals surface area contributed by atoms with Crippen LogP contribution in [0.15, 0.2) is 18.2 Å². The van der Waals surface area contributed by atoms with Crippen LogP contribution in [-0.4, -0.2) is 35.0 Å². The van der Waals surface area contributed by atoms with Gasteiger partial charge >= 0.3 is 0 Å². The smallest absolute Gasteiger partial charge is 0.217 e. The Morgan fingerprint density at radius 1 is 1.30 bits per heavy atom. The summed E-state index contributed by atoms with van der Waals surface area (Å²) in [5.74, 6) is 0.443. The summed E-state index contributed by atoms with van der Waals surface area (Å²) in [5, 5.41) is 12.6. The van der Waals surface area contributed by atoms with Crippen LogP contribution in [0.1, 0.15) is 43.4 Å². The maximum absolute atomic E-state index is 11.1. The molecule has 1 aromatic rings. The Morgan fingerprint density at radius 2 is 2.05 bits per heavy atom. The number of carbonyl (C=O) groups is 1. The summed E-state index contributed by atoms with van der Waals surface area (Å²) in [6.07, 6.45) is 4.26. The molecule has 1 aliphatic carbocycles. The molecule has 1 aliphatic heterocycles. The molecular weight excluding hydrogens is 252 g/mol. The van der Waals surface area contributed by atoms with E-state index >= 15 is 0 Å². The summed E-state index contributed by atoms with van der Waals surface area (Å²) in [6.45, 7) is 3.66. The molecule has 20 heavy (non-hydrogen) atoms. The van der Waals surface area contributed by atoms with Gasteiger partial charge in [0.2, 0.25) is 5.91 Å². The molecule has 1 amide bonds. The summed E-state index contributed by atoms with van der Waals surface area (Å²) in [4.78, 5) is 13.6. The molecule has 4 heteroatoms. The number of hydrogen-bond donors (Lipinski definition) is 2. The van der Waals surface area contributed by atoms with Gasteiger partial charge in [0, 0.05) is 32.1 Å². The van der Waals surface area contributed by atoms with Gasteiger partial charge in [0.15, 0.2) is 0 Å². The maximum Gasteiger partial charge on any atom is 0.217 e. The Hall–Kier alpha value is -1.55. The van der Waals surface area contributed by atoms with E-state index in [1.807, 2.05) is 6.07 Å². The van der Waals surface area contributed by atoms with Crippen LogP contribution in [0.5, 0.6) is 5.75 Å². The molecular formula is C16H22N2O2. The molecule has 2 N–H and O–H groups in total. The van der Waals surface area contributed by atoms with Crippen LogP contribution in [0.25, 0.3) is 0 Å². The van der Waals surface area contributed by atoms with Crippen LogP contribution in [0.2, 0.25) is 0 Å². The van der Waals surface area contributed by atoms with Gasteiger partial charge in [-0.2, -0.15) is 0 Å². The molecule has 0 bridgehead atoms. The minimum absolute atomic E-state index is 0.0742. The molecule has 0 spiro atoms. The number of aromatic hydroxyl groups is 1. The van der Waals surface area contributed by atoms with E-state index in [4.69, 9.17) is 0 Å². The lowest BCUT2D eigenvalue weighted by atomic mass is 10.00. The van der Waals surface area contributed by atoms with Crippen molar-refractivity contribution in [3.05, 3.63) is 29.3 Å². The molecule has 0 aromatic heterocycles. The maximum atomic E-state index is 11.1. The number of aryl methyl sites for hydroxylation is 1. The van der Waals surface area contributed by atoms with Gasteiger partial charge < -0.3 is 10.4 Å². The highest BCUT2D eigenvalue weighted by atomic mass is 16.3. The zero-order chi connectivity index (χ0) is 14.1. The van der Waals surface area contributed by atoms with E-state index in [9.17, 15) is 9.90 Å². The van der Waals surface area contributed by atoms with E-state index in [-0.39, 0.29) is 5.91 Å². The standard InChI is InChI=1S/C16H22N2O2/c1-11(19)17-13-6-8-18(9-7-13)16-5-2-12-10-14(20)3-4-15(12)16/h3-4,10,13,16,20H,2,5-9H2,1H3,(H,17,19). The molecule has 0 radical (unpaired) electrons. The number of fused-ring (bicyclic) bond motifs is 1. The molecule has 3 rings (SSSR count). The third kappa shape index (κ3) is 2.66. The second kappa shape index (κ2) is 5.44. The molecule has 2 aliphatic rings. The third-order valence-electron chi connectivity index (χ3n) is 4.55. The lowest BCUT2D eigenvalue weighted by Gasteiger charge is -2.36. The van der Waals surface area contributed by atoms with Crippen LogP contribution in [0, 0.1) is 0 Å². The Labute approximate surface area is 119 Å². The number of piperidine rings is 1. The fourth-order valence-corrected chi connectivity index (χ4v) is 3.60. The number of likely N-dealkylation sites (tertiary alicyclic amines) is 1. The minimum atomic E-state index is 0.0742. The predicted molar refractivity (Wildman–Crippen MR) is 77.6 cm³/mol. The topological polar surface area (TPSA) is 52.6 Å². The van der Waals surface area contributed by atoms with Gasteiger partial charge in [-0.15, -0.1) is 0 Å². The van der Waals surface area contributed by atoms with Crippen molar-refractivity contribution in [3.63, 3.8) is 0 Å². The first-order valence-corrected chi connectivity index (χ1v) is 7.46. The van der Waals surface area contributed by atoms with E-state index < -0.39 is 0 Å². The molecule has 1 fully saturated rings. The number of benzene rings is 1. The number of nitrogens with one attached hydrogen (secondary N) is 1. The summed E-state index contributed by atoms with van der Waals surface area (Å²) in [6, 6.07) is 6.59. The van der Waals surface area contributed by atoms with Crippen molar-refractivity contribution in [1.82, 2.24) is 10.2 Å². The highest BCUT2D eigenvalue weighted by Gasteiger charge is 2.31. The van der Waals surface area contributed by atoms with E-state index in [1.54, 1.807) is 13.0 Å². The van der Waals surface area contributed by atoms with E-state index in [2.05, 4.69) is 16.3 Å². The zero-order valence-corrected chi connectivity index (χ0v) is 11.9. The van der Waals surface area contributed by atoms with Crippen molar-refractivity contribution in [3.8, 4) is 5.75 Å². The Bertz CT molecular complexity index is 507. The Morgan fingerprint density at radius 3 is 2.75 bits per heavy atom. The van der Waals surface area contributed by atoms with Crippen LogP contribution in [0.3, 0.4) is 0 Å². The highest BCUT2D eigenvalue weighted by molar-refractivity contribution is 5.73. The second-order valence-electron chi connectivity index (χ2n) is 5.95. The van der Waals surface area contributed by atoms with E-state index in [1.165, 1.54) is 11.1 Å². The monoisotopic (exact) mass is 274 g/mol. The van der Waals surface area contributed by atoms with Crippen molar-refractivity contribution in [2.75, 3.05) is 13.1 Å². The van der Waals surface area contributed by atoms with Crippen LogP contribution in [-0.2, 0) is 11.2 Å². The first kappa shape index (κ1) is 13.4. The number of amides is 1. The van der Waals surface area contributed by atoms with Crippen molar-refractivity contribution in [2.45, 2.75) is 44.7 Å². The lowest BCUT2D eigenvalue weighted by Crippen LogP contribution is -2.44. The van der Waals surface area contributed by atoms with Gasteiger partial charge in [-0.3, -0.25) is 9.69 Å². The molecule has 1 aromatic carbocycles. The van der Waals surface area contributed by atoms with Gasteiger partial charge in [-0.1, -0.05) is 6.07 Å². The minimum Gasteiger partial charge on any atom is -0.508 e. The van der Waals surface area contributed by atoms with Gasteiger partial charge in [-0.05, 0) is 48.9 Å². The third-order valence-corrected chi connectivity index (χ3v) is 4.55. The number of nitrogens with zero attached hydrogens (tertiary/aromatic N) is 1. The van der Waals surface area contributed by atoms with Crippen LogP contribution >= 0.6 is 0 Å². The van der Waals surface area contributed by atoms with Crippen LogP contribution in [0.4, 0.5) is 0 Å². The average molecular weight is 274 g/mol. The van der Waals surface area contributed by atoms with E-state index in [0.29, 0.717) is 17.8 Å². The number of carbonyl (C=O) groups excluding carboxylic acids is 1. The molecule has 108 valence electrons. The van der Waals surface area contributed by atoms with Crippen LogP contribution < -0.4 is 5.32 Å². The quantitative estimate of drug-likeness (QED) is 0.867. The number of hydrogen-bond acceptors (Lipinski definition) is 3. The highest BCUT2D eigenvalue weighted by Crippen LogP contribution is 2.38. The number of phenols is 1. The second-order valence-corrected chi connectivity index (χ2v) is 5.95.